The molecule has 1 N–H and O–H groups in total. The molecular weight excluding hydrogens is 128 g/mol. The normalized spacial score (nSPS) is 19.1. The zero-order valence-electron chi connectivity index (χ0n) is 5.97. The molecule has 0 radical (unpaired) electrons. The molecule has 0 bridgehead atoms. The second-order valence-corrected chi connectivity index (χ2v) is 2.50. The fourth-order valence-corrected chi connectivity index (χ4v) is 1.20. The van der Waals surface area contributed by atoms with Crippen molar-refractivity contribution in [1.82, 2.24) is 5.48 Å². The number of rotatable bonds is 3. The molecule has 0 heterocycles. The third-order valence-electron chi connectivity index (χ3n) is 1.70. The lowest BCUT2D eigenvalue weighted by Gasteiger charge is -2.08. The van der Waals surface area contributed by atoms with Crippen molar-refractivity contribution < 1.29 is 4.84 Å². The number of nitrogens with one attached hydrogen (secondary N) is 1. The molecule has 3 heteroatoms. The van der Waals surface area contributed by atoms with Gasteiger partial charge < -0.3 is 0 Å². The summed E-state index contributed by atoms with van der Waals surface area (Å²) in [5.41, 5.74) is 2.62. The monoisotopic (exact) mass is 140 g/mol. The molecular formula is C7H12N2O. The topological polar surface area (TPSA) is 45.0 Å². The van der Waals surface area contributed by atoms with E-state index in [1.165, 1.54) is 12.8 Å². The Morgan fingerprint density at radius 3 is 2.80 bits per heavy atom. The predicted octanol–water partition coefficient (Wildman–Crippen LogP) is 0.974. The van der Waals surface area contributed by atoms with Gasteiger partial charge in [-0.15, -0.1) is 0 Å². The van der Waals surface area contributed by atoms with E-state index < -0.39 is 0 Å². The lowest BCUT2D eigenvalue weighted by atomic mass is 10.3. The minimum atomic E-state index is 0.288. The lowest BCUT2D eigenvalue weighted by Crippen LogP contribution is -2.21. The highest BCUT2D eigenvalue weighted by Crippen LogP contribution is 2.19. The number of hydrogen-bond donors (Lipinski definition) is 1. The van der Waals surface area contributed by atoms with E-state index in [4.69, 9.17) is 10.1 Å². The van der Waals surface area contributed by atoms with E-state index >= 15 is 0 Å². The average molecular weight is 140 g/mol. The highest BCUT2D eigenvalue weighted by Gasteiger charge is 2.14. The largest absolute Gasteiger partial charge is 0.298 e. The minimum Gasteiger partial charge on any atom is -0.298 e. The quantitative estimate of drug-likeness (QED) is 0.361. The van der Waals surface area contributed by atoms with Gasteiger partial charge in [0.25, 0.3) is 0 Å². The Labute approximate surface area is 60.9 Å². The van der Waals surface area contributed by atoms with Gasteiger partial charge in [-0.25, -0.2) is 0 Å². The highest BCUT2D eigenvalue weighted by atomic mass is 16.7. The van der Waals surface area contributed by atoms with Gasteiger partial charge in [-0.05, 0) is 12.8 Å². The molecule has 0 amide bonds. The van der Waals surface area contributed by atoms with Crippen molar-refractivity contribution in [2.75, 3.05) is 6.54 Å². The molecule has 0 saturated heterocycles. The molecule has 1 aliphatic carbocycles. The second-order valence-electron chi connectivity index (χ2n) is 2.50. The Bertz CT molecular complexity index is 124. The summed E-state index contributed by atoms with van der Waals surface area (Å²) in [6.07, 6.45) is 5.16. The Kier molecular flexibility index (Phi) is 3.20. The van der Waals surface area contributed by atoms with Gasteiger partial charge in [-0.2, -0.15) is 10.7 Å². The third-order valence-corrected chi connectivity index (χ3v) is 1.70. The summed E-state index contributed by atoms with van der Waals surface area (Å²) in [4.78, 5) is 5.17. The molecule has 0 atom stereocenters. The van der Waals surface area contributed by atoms with E-state index in [0.29, 0.717) is 6.10 Å². The average Bonchev–Trinajstić information content (AvgIpc) is 2.41. The first-order valence-corrected chi connectivity index (χ1v) is 3.69. The SMILES string of the molecule is N#CCNOC1CCCC1. The number of nitrogens with zero attached hydrogens (tertiary/aromatic N) is 1. The van der Waals surface area contributed by atoms with Gasteiger partial charge in [0.05, 0.1) is 12.2 Å². The summed E-state index contributed by atoms with van der Waals surface area (Å²) in [5.74, 6) is 0. The van der Waals surface area contributed by atoms with Crippen molar-refractivity contribution in [3.8, 4) is 6.07 Å². The molecule has 1 aliphatic rings. The maximum Gasteiger partial charge on any atom is 0.108 e. The molecule has 1 fully saturated rings. The van der Waals surface area contributed by atoms with E-state index in [9.17, 15) is 0 Å². The van der Waals surface area contributed by atoms with Gasteiger partial charge in [0.1, 0.15) is 6.54 Å². The fraction of sp³-hybridized carbons (Fsp3) is 0.857. The van der Waals surface area contributed by atoms with Crippen LogP contribution in [0.1, 0.15) is 25.7 Å². The molecule has 0 unspecified atom stereocenters. The number of hydroxylamine groups is 1. The minimum absolute atomic E-state index is 0.288. The van der Waals surface area contributed by atoms with Crippen LogP contribution in [0.25, 0.3) is 0 Å². The van der Waals surface area contributed by atoms with E-state index in [1.54, 1.807) is 0 Å². The van der Waals surface area contributed by atoms with Crippen LogP contribution in [0.5, 0.6) is 0 Å². The van der Waals surface area contributed by atoms with E-state index in [-0.39, 0.29) is 6.54 Å². The molecule has 1 rings (SSSR count). The number of nitriles is 1. The molecule has 0 aromatic rings. The predicted molar refractivity (Wildman–Crippen MR) is 37.0 cm³/mol. The van der Waals surface area contributed by atoms with Gasteiger partial charge in [0.2, 0.25) is 0 Å². The molecule has 0 aromatic heterocycles. The van der Waals surface area contributed by atoms with Crippen LogP contribution >= 0.6 is 0 Å². The maximum absolute atomic E-state index is 8.15. The first-order chi connectivity index (χ1) is 4.93. The van der Waals surface area contributed by atoms with Crippen LogP contribution in [0.3, 0.4) is 0 Å². The van der Waals surface area contributed by atoms with Crippen LogP contribution in [-0.2, 0) is 4.84 Å². The zero-order chi connectivity index (χ0) is 7.23. The van der Waals surface area contributed by atoms with Crippen molar-refractivity contribution in [3.05, 3.63) is 0 Å². The van der Waals surface area contributed by atoms with Crippen LogP contribution in [0, 0.1) is 11.3 Å². The first-order valence-electron chi connectivity index (χ1n) is 3.69. The second kappa shape index (κ2) is 4.26. The fourth-order valence-electron chi connectivity index (χ4n) is 1.20. The van der Waals surface area contributed by atoms with Gasteiger partial charge in [-0.3, -0.25) is 4.84 Å². The highest BCUT2D eigenvalue weighted by molar-refractivity contribution is 4.71. The summed E-state index contributed by atoms with van der Waals surface area (Å²) in [5, 5.41) is 8.15. The summed E-state index contributed by atoms with van der Waals surface area (Å²) < 4.78 is 0. The van der Waals surface area contributed by atoms with Crippen LogP contribution in [0.15, 0.2) is 0 Å². The third kappa shape index (κ3) is 2.34. The van der Waals surface area contributed by atoms with Crippen LogP contribution in [-0.4, -0.2) is 12.6 Å². The van der Waals surface area contributed by atoms with Crippen molar-refractivity contribution in [2.24, 2.45) is 0 Å². The van der Waals surface area contributed by atoms with Gasteiger partial charge >= 0.3 is 0 Å². The molecule has 0 spiro atoms. The Balaban J connectivity index is 1.97. The van der Waals surface area contributed by atoms with Crippen LogP contribution in [0.2, 0.25) is 0 Å². The molecule has 56 valence electrons. The van der Waals surface area contributed by atoms with Gasteiger partial charge in [0.15, 0.2) is 0 Å². The lowest BCUT2D eigenvalue weighted by molar-refractivity contribution is -0.0140. The maximum atomic E-state index is 8.15. The molecule has 1 saturated carbocycles. The van der Waals surface area contributed by atoms with Crippen molar-refractivity contribution in [3.63, 3.8) is 0 Å². The standard InChI is InChI=1S/C7H12N2O/c8-5-6-9-10-7-3-1-2-4-7/h7,9H,1-4,6H2. The first kappa shape index (κ1) is 7.52. The van der Waals surface area contributed by atoms with E-state index in [0.717, 1.165) is 12.8 Å². The van der Waals surface area contributed by atoms with Crippen molar-refractivity contribution in [1.29, 1.82) is 5.26 Å². The summed E-state index contributed by atoms with van der Waals surface area (Å²) >= 11 is 0. The molecule has 3 nitrogen and oxygen atoms in total. The number of hydrogen-bond acceptors (Lipinski definition) is 3. The Morgan fingerprint density at radius 2 is 2.20 bits per heavy atom. The van der Waals surface area contributed by atoms with Crippen molar-refractivity contribution >= 4 is 0 Å². The summed E-state index contributed by atoms with van der Waals surface area (Å²) in [7, 11) is 0. The van der Waals surface area contributed by atoms with Gasteiger partial charge in [0, 0.05) is 0 Å². The zero-order valence-corrected chi connectivity index (χ0v) is 5.97. The Hall–Kier alpha value is -0.590. The molecule has 0 aromatic carbocycles. The van der Waals surface area contributed by atoms with Crippen molar-refractivity contribution in [2.45, 2.75) is 31.8 Å². The molecule has 10 heavy (non-hydrogen) atoms. The summed E-state index contributed by atoms with van der Waals surface area (Å²) in [6, 6.07) is 1.96. The van der Waals surface area contributed by atoms with E-state index in [2.05, 4.69) is 5.48 Å². The molecule has 0 aliphatic heterocycles. The van der Waals surface area contributed by atoms with E-state index in [1.807, 2.05) is 6.07 Å². The summed E-state index contributed by atoms with van der Waals surface area (Å²) in [6.45, 7) is 0.288. The Morgan fingerprint density at radius 1 is 1.50 bits per heavy atom. The smallest absolute Gasteiger partial charge is 0.108 e. The van der Waals surface area contributed by atoms with Crippen LogP contribution < -0.4 is 5.48 Å². The van der Waals surface area contributed by atoms with Gasteiger partial charge in [-0.1, -0.05) is 12.8 Å². The van der Waals surface area contributed by atoms with Crippen LogP contribution in [0.4, 0.5) is 0 Å².